The first-order chi connectivity index (χ1) is 12.4. The van der Waals surface area contributed by atoms with E-state index in [0.717, 1.165) is 31.5 Å². The van der Waals surface area contributed by atoms with Crippen molar-refractivity contribution < 1.29 is 8.42 Å². The van der Waals surface area contributed by atoms with Gasteiger partial charge in [-0.3, -0.25) is 0 Å². The van der Waals surface area contributed by atoms with Crippen molar-refractivity contribution in [2.24, 2.45) is 0 Å². The van der Waals surface area contributed by atoms with Gasteiger partial charge in [-0.25, -0.2) is 8.42 Å². The summed E-state index contributed by atoms with van der Waals surface area (Å²) >= 11 is 0. The lowest BCUT2D eigenvalue weighted by atomic mass is 9.91. The summed E-state index contributed by atoms with van der Waals surface area (Å²) in [5, 5.41) is 0. The molecule has 138 valence electrons. The summed E-state index contributed by atoms with van der Waals surface area (Å²) in [4.78, 5) is 5.50. The maximum absolute atomic E-state index is 13.1. The van der Waals surface area contributed by atoms with Crippen molar-refractivity contribution in [3.05, 3.63) is 53.6 Å². The van der Waals surface area contributed by atoms with Gasteiger partial charge in [-0.2, -0.15) is 0 Å². The predicted molar refractivity (Wildman–Crippen MR) is 105 cm³/mol. The van der Waals surface area contributed by atoms with E-state index in [2.05, 4.69) is 23.9 Å². The van der Waals surface area contributed by atoms with Crippen LogP contribution in [0, 0.1) is 6.92 Å². The van der Waals surface area contributed by atoms with Crippen LogP contribution < -0.4 is 4.90 Å². The number of hydrogen-bond acceptors (Lipinski definition) is 4. The van der Waals surface area contributed by atoms with Crippen LogP contribution in [0.25, 0.3) is 0 Å². The molecule has 2 heterocycles. The van der Waals surface area contributed by atoms with Crippen LogP contribution in [0.1, 0.15) is 29.9 Å². The van der Waals surface area contributed by atoms with Gasteiger partial charge in [0, 0.05) is 24.7 Å². The van der Waals surface area contributed by atoms with Crippen LogP contribution in [-0.2, 0) is 9.84 Å². The second kappa shape index (κ2) is 6.39. The highest BCUT2D eigenvalue weighted by Crippen LogP contribution is 2.45. The van der Waals surface area contributed by atoms with E-state index in [1.807, 2.05) is 31.2 Å². The lowest BCUT2D eigenvalue weighted by molar-refractivity contribution is 0.345. The van der Waals surface area contributed by atoms with Crippen molar-refractivity contribution in [2.45, 2.75) is 41.5 Å². The van der Waals surface area contributed by atoms with Gasteiger partial charge in [0.05, 0.1) is 9.79 Å². The van der Waals surface area contributed by atoms with Crippen LogP contribution in [0.3, 0.4) is 0 Å². The third kappa shape index (κ3) is 2.83. The molecule has 0 aliphatic carbocycles. The van der Waals surface area contributed by atoms with Gasteiger partial charge in [-0.05, 0) is 75.8 Å². The average Bonchev–Trinajstić information content (AvgIpc) is 2.76. The number of rotatable bonds is 2. The Hall–Kier alpha value is -1.85. The highest BCUT2D eigenvalue weighted by atomic mass is 32.2. The molecule has 0 radical (unpaired) electrons. The van der Waals surface area contributed by atoms with Crippen LogP contribution in [0.4, 0.5) is 5.69 Å². The third-order valence-corrected chi connectivity index (χ3v) is 7.78. The summed E-state index contributed by atoms with van der Waals surface area (Å²) in [6.45, 7) is 4.11. The van der Waals surface area contributed by atoms with E-state index in [-0.39, 0.29) is 0 Å². The predicted octanol–water partition coefficient (Wildman–Crippen LogP) is 3.46. The normalized spacial score (nSPS) is 23.4. The minimum atomic E-state index is -3.48. The Morgan fingerprint density at radius 2 is 1.58 bits per heavy atom. The summed E-state index contributed by atoms with van der Waals surface area (Å²) in [6, 6.07) is 13.3. The van der Waals surface area contributed by atoms with Crippen molar-refractivity contribution in [3.8, 4) is 0 Å². The Kier molecular flexibility index (Phi) is 4.32. The van der Waals surface area contributed by atoms with Gasteiger partial charge in [-0.15, -0.1) is 0 Å². The Labute approximate surface area is 156 Å². The van der Waals surface area contributed by atoms with E-state index in [1.165, 1.54) is 11.3 Å². The number of aryl methyl sites for hydroxylation is 1. The van der Waals surface area contributed by atoms with Crippen molar-refractivity contribution in [1.29, 1.82) is 0 Å². The van der Waals surface area contributed by atoms with Crippen LogP contribution in [0.15, 0.2) is 52.3 Å². The minimum absolute atomic E-state index is 0.367. The number of benzene rings is 2. The first-order valence-corrected chi connectivity index (χ1v) is 10.7. The lowest BCUT2D eigenvalue weighted by Crippen LogP contribution is -2.31. The molecule has 0 spiro atoms. The first kappa shape index (κ1) is 17.6. The van der Waals surface area contributed by atoms with Crippen LogP contribution in [0.5, 0.6) is 0 Å². The second-order valence-corrected chi connectivity index (χ2v) is 9.65. The molecule has 2 aromatic rings. The van der Waals surface area contributed by atoms with E-state index in [4.69, 9.17) is 0 Å². The number of nitrogens with zero attached hydrogens (tertiary/aromatic N) is 2. The molecule has 5 heteroatoms. The van der Waals surface area contributed by atoms with Crippen LogP contribution >= 0.6 is 0 Å². The van der Waals surface area contributed by atoms with E-state index in [9.17, 15) is 8.42 Å². The Bertz CT molecular complexity index is 922. The van der Waals surface area contributed by atoms with Crippen molar-refractivity contribution in [1.82, 2.24) is 4.90 Å². The molecule has 0 N–H and O–H groups in total. The Morgan fingerprint density at radius 3 is 2.31 bits per heavy atom. The third-order valence-electron chi connectivity index (χ3n) is 6.01. The number of hydrogen-bond donors (Lipinski definition) is 0. The maximum Gasteiger partial charge on any atom is 0.206 e. The standard InChI is InChI=1S/C21H26N2O2S/c1-15-4-6-16(7-5-15)26(24,25)17-8-9-20-19(14-17)18-10-12-22(2)13-11-21(18)23(20)3/h4-9,14,18,21H,10-13H2,1-3H3/t18-,21-/m0/s1. The number of sulfone groups is 1. The van der Waals surface area contributed by atoms with Gasteiger partial charge in [0.25, 0.3) is 0 Å². The number of anilines is 1. The summed E-state index contributed by atoms with van der Waals surface area (Å²) < 4.78 is 26.2. The van der Waals surface area contributed by atoms with Crippen LogP contribution in [0.2, 0.25) is 0 Å². The fourth-order valence-electron chi connectivity index (χ4n) is 4.39. The SMILES string of the molecule is Cc1ccc(S(=O)(=O)c2ccc3c(c2)[C@@H]2CCN(C)CC[C@@H]2N3C)cc1. The minimum Gasteiger partial charge on any atom is -0.371 e. The Balaban J connectivity index is 1.75. The lowest BCUT2D eigenvalue weighted by Gasteiger charge is -2.25. The zero-order chi connectivity index (χ0) is 18.5. The summed E-state index contributed by atoms with van der Waals surface area (Å²) in [6.07, 6.45) is 2.19. The van der Waals surface area contributed by atoms with E-state index >= 15 is 0 Å². The molecular formula is C21H26N2O2S. The molecule has 4 rings (SSSR count). The smallest absolute Gasteiger partial charge is 0.206 e. The first-order valence-electron chi connectivity index (χ1n) is 9.25. The number of likely N-dealkylation sites (tertiary alicyclic amines) is 1. The van der Waals surface area contributed by atoms with Gasteiger partial charge in [-0.1, -0.05) is 17.7 Å². The maximum atomic E-state index is 13.1. The molecule has 0 amide bonds. The molecule has 2 atom stereocenters. The van der Waals surface area contributed by atoms with Gasteiger partial charge in [0.2, 0.25) is 9.84 Å². The Morgan fingerprint density at radius 1 is 0.923 bits per heavy atom. The zero-order valence-corrected chi connectivity index (χ0v) is 16.5. The van der Waals surface area contributed by atoms with Crippen molar-refractivity contribution >= 4 is 15.5 Å². The van der Waals surface area contributed by atoms with E-state index in [0.29, 0.717) is 21.8 Å². The van der Waals surface area contributed by atoms with E-state index in [1.54, 1.807) is 18.2 Å². The van der Waals surface area contributed by atoms with E-state index < -0.39 is 9.84 Å². The van der Waals surface area contributed by atoms with Crippen molar-refractivity contribution in [3.63, 3.8) is 0 Å². The van der Waals surface area contributed by atoms with Gasteiger partial charge in [0.1, 0.15) is 0 Å². The molecule has 0 unspecified atom stereocenters. The largest absolute Gasteiger partial charge is 0.371 e. The quantitative estimate of drug-likeness (QED) is 0.812. The molecule has 1 fully saturated rings. The zero-order valence-electron chi connectivity index (χ0n) is 15.6. The number of fused-ring (bicyclic) bond motifs is 3. The molecule has 2 aromatic carbocycles. The summed E-state index contributed by atoms with van der Waals surface area (Å²) in [5.74, 6) is 0.410. The second-order valence-electron chi connectivity index (χ2n) is 7.70. The fourth-order valence-corrected chi connectivity index (χ4v) is 5.69. The highest BCUT2D eigenvalue weighted by molar-refractivity contribution is 7.91. The molecule has 26 heavy (non-hydrogen) atoms. The molecule has 1 saturated heterocycles. The molecule has 2 aliphatic heterocycles. The van der Waals surface area contributed by atoms with Crippen molar-refractivity contribution in [2.75, 3.05) is 32.1 Å². The molecular weight excluding hydrogens is 344 g/mol. The summed E-state index contributed by atoms with van der Waals surface area (Å²) in [5.41, 5.74) is 3.44. The monoisotopic (exact) mass is 370 g/mol. The number of likely N-dealkylation sites (N-methyl/N-ethyl adjacent to an activating group) is 1. The summed E-state index contributed by atoms with van der Waals surface area (Å²) in [7, 11) is 0.827. The molecule has 0 bridgehead atoms. The van der Waals surface area contributed by atoms with Gasteiger partial charge >= 0.3 is 0 Å². The van der Waals surface area contributed by atoms with Gasteiger partial charge < -0.3 is 9.80 Å². The molecule has 2 aliphatic rings. The fraction of sp³-hybridized carbons (Fsp3) is 0.429. The van der Waals surface area contributed by atoms with Gasteiger partial charge in [0.15, 0.2) is 0 Å². The average molecular weight is 371 g/mol. The molecule has 0 aromatic heterocycles. The van der Waals surface area contributed by atoms with Crippen LogP contribution in [-0.4, -0.2) is 46.5 Å². The molecule has 4 nitrogen and oxygen atoms in total. The molecule has 0 saturated carbocycles. The topological polar surface area (TPSA) is 40.6 Å². The highest BCUT2D eigenvalue weighted by Gasteiger charge is 2.38.